The largest absolute Gasteiger partial charge is 0.377 e. The Labute approximate surface area is 105 Å². The number of hydrogen-bond acceptors (Lipinski definition) is 3. The molecule has 4 N–H and O–H groups in total. The minimum atomic E-state index is -0.318. The fourth-order valence-corrected chi connectivity index (χ4v) is 1.76. The Morgan fingerprint density at radius 2 is 2.11 bits per heavy atom. The highest BCUT2D eigenvalue weighted by Gasteiger charge is 2.06. The fourth-order valence-electron chi connectivity index (χ4n) is 1.76. The molecule has 0 aliphatic rings. The van der Waals surface area contributed by atoms with Gasteiger partial charge in [-0.1, -0.05) is 12.1 Å². The summed E-state index contributed by atoms with van der Waals surface area (Å²) in [6.07, 6.45) is 2.00. The number of H-pyrrole nitrogens is 1. The molecule has 0 aliphatic carbocycles. The Morgan fingerprint density at radius 3 is 2.67 bits per heavy atom. The van der Waals surface area contributed by atoms with Crippen molar-refractivity contribution in [3.8, 4) is 0 Å². The lowest BCUT2D eigenvalue weighted by atomic mass is 10.1. The molecule has 1 aromatic heterocycles. The highest BCUT2D eigenvalue weighted by Crippen LogP contribution is 2.17. The van der Waals surface area contributed by atoms with E-state index in [4.69, 9.17) is 5.73 Å². The molecule has 1 amide bonds. The van der Waals surface area contributed by atoms with Crippen LogP contribution in [0.3, 0.4) is 0 Å². The van der Waals surface area contributed by atoms with E-state index in [1.165, 1.54) is 0 Å². The first kappa shape index (κ1) is 12.2. The fraction of sp³-hybridized carbons (Fsp3) is 0.231. The van der Waals surface area contributed by atoms with E-state index >= 15 is 0 Å². The van der Waals surface area contributed by atoms with Crippen molar-refractivity contribution in [2.75, 3.05) is 5.32 Å². The standard InChI is InChI=1S/C13H16N4O/c1-9(12-6-7-15-17-12)16-11-4-2-10(3-5-11)8-13(14)18/h2-7,9,16H,8H2,1H3,(H2,14,18)(H,15,17). The zero-order valence-electron chi connectivity index (χ0n) is 10.2. The summed E-state index contributed by atoms with van der Waals surface area (Å²) in [7, 11) is 0. The molecule has 0 saturated heterocycles. The van der Waals surface area contributed by atoms with Crippen LogP contribution in [0.15, 0.2) is 36.5 Å². The van der Waals surface area contributed by atoms with Crippen molar-refractivity contribution in [3.05, 3.63) is 47.8 Å². The molecule has 0 spiro atoms. The summed E-state index contributed by atoms with van der Waals surface area (Å²) >= 11 is 0. The number of amides is 1. The summed E-state index contributed by atoms with van der Waals surface area (Å²) in [6.45, 7) is 2.05. The van der Waals surface area contributed by atoms with Gasteiger partial charge in [0.2, 0.25) is 5.91 Å². The van der Waals surface area contributed by atoms with Gasteiger partial charge >= 0.3 is 0 Å². The molecule has 2 rings (SSSR count). The van der Waals surface area contributed by atoms with Crippen molar-refractivity contribution in [1.82, 2.24) is 10.2 Å². The zero-order chi connectivity index (χ0) is 13.0. The average Bonchev–Trinajstić information content (AvgIpc) is 2.84. The minimum Gasteiger partial charge on any atom is -0.377 e. The number of carbonyl (C=O) groups excluding carboxylic acids is 1. The Hall–Kier alpha value is -2.30. The number of carbonyl (C=O) groups is 1. The highest BCUT2D eigenvalue weighted by atomic mass is 16.1. The van der Waals surface area contributed by atoms with E-state index in [0.29, 0.717) is 0 Å². The molecule has 0 aliphatic heterocycles. The molecular formula is C13H16N4O. The quantitative estimate of drug-likeness (QED) is 0.747. The van der Waals surface area contributed by atoms with Crippen LogP contribution in [0.2, 0.25) is 0 Å². The van der Waals surface area contributed by atoms with Crippen molar-refractivity contribution in [3.63, 3.8) is 0 Å². The third kappa shape index (κ3) is 3.10. The Morgan fingerprint density at radius 1 is 1.39 bits per heavy atom. The molecule has 5 heteroatoms. The molecule has 1 unspecified atom stereocenters. The molecule has 94 valence electrons. The summed E-state index contributed by atoms with van der Waals surface area (Å²) in [6, 6.07) is 9.74. The van der Waals surface area contributed by atoms with Crippen LogP contribution in [0.25, 0.3) is 0 Å². The van der Waals surface area contributed by atoms with Crippen LogP contribution >= 0.6 is 0 Å². The summed E-state index contributed by atoms with van der Waals surface area (Å²) in [5.74, 6) is -0.318. The lowest BCUT2D eigenvalue weighted by Gasteiger charge is -2.13. The Balaban J connectivity index is 2.00. The minimum absolute atomic E-state index is 0.148. The summed E-state index contributed by atoms with van der Waals surface area (Å²) < 4.78 is 0. The van der Waals surface area contributed by atoms with E-state index in [-0.39, 0.29) is 18.4 Å². The van der Waals surface area contributed by atoms with Gasteiger partial charge < -0.3 is 11.1 Å². The molecule has 0 bridgehead atoms. The molecular weight excluding hydrogens is 228 g/mol. The van der Waals surface area contributed by atoms with E-state index in [0.717, 1.165) is 16.9 Å². The van der Waals surface area contributed by atoms with Crippen LogP contribution in [0.1, 0.15) is 24.2 Å². The van der Waals surface area contributed by atoms with Crippen LogP contribution in [0, 0.1) is 0 Å². The Kier molecular flexibility index (Phi) is 3.62. The van der Waals surface area contributed by atoms with E-state index in [1.807, 2.05) is 37.3 Å². The van der Waals surface area contributed by atoms with Crippen molar-refractivity contribution in [1.29, 1.82) is 0 Å². The van der Waals surface area contributed by atoms with E-state index in [2.05, 4.69) is 15.5 Å². The van der Waals surface area contributed by atoms with Crippen LogP contribution in [-0.4, -0.2) is 16.1 Å². The summed E-state index contributed by atoms with van der Waals surface area (Å²) in [4.78, 5) is 10.8. The molecule has 0 saturated carbocycles. The highest BCUT2D eigenvalue weighted by molar-refractivity contribution is 5.76. The molecule has 0 fully saturated rings. The lowest BCUT2D eigenvalue weighted by Crippen LogP contribution is -2.13. The number of aromatic amines is 1. The first-order valence-corrected chi connectivity index (χ1v) is 5.78. The van der Waals surface area contributed by atoms with Crippen LogP contribution in [-0.2, 0) is 11.2 Å². The van der Waals surface area contributed by atoms with Gasteiger partial charge in [0.05, 0.1) is 18.2 Å². The van der Waals surface area contributed by atoms with Gasteiger partial charge in [-0.25, -0.2) is 0 Å². The normalized spacial score (nSPS) is 12.1. The Bertz CT molecular complexity index is 504. The van der Waals surface area contributed by atoms with Gasteiger partial charge in [-0.05, 0) is 30.7 Å². The van der Waals surface area contributed by atoms with Crippen molar-refractivity contribution >= 4 is 11.6 Å². The summed E-state index contributed by atoms with van der Waals surface area (Å²) in [5, 5.41) is 10.2. The van der Waals surface area contributed by atoms with E-state index in [1.54, 1.807) is 6.20 Å². The molecule has 2 aromatic rings. The second-order valence-electron chi connectivity index (χ2n) is 4.22. The van der Waals surface area contributed by atoms with Gasteiger partial charge in [0.25, 0.3) is 0 Å². The van der Waals surface area contributed by atoms with Crippen LogP contribution in [0.5, 0.6) is 0 Å². The molecule has 18 heavy (non-hydrogen) atoms. The number of hydrogen-bond donors (Lipinski definition) is 3. The first-order chi connectivity index (χ1) is 8.65. The molecule has 1 aromatic carbocycles. The van der Waals surface area contributed by atoms with Gasteiger partial charge in [-0.15, -0.1) is 0 Å². The van der Waals surface area contributed by atoms with E-state index in [9.17, 15) is 4.79 Å². The average molecular weight is 244 g/mol. The van der Waals surface area contributed by atoms with Gasteiger partial charge in [-0.2, -0.15) is 5.10 Å². The van der Waals surface area contributed by atoms with Crippen molar-refractivity contribution in [2.24, 2.45) is 5.73 Å². The number of aromatic nitrogens is 2. The second-order valence-corrected chi connectivity index (χ2v) is 4.22. The molecule has 5 nitrogen and oxygen atoms in total. The lowest BCUT2D eigenvalue weighted by molar-refractivity contribution is -0.117. The topological polar surface area (TPSA) is 83.8 Å². The maximum absolute atomic E-state index is 10.8. The SMILES string of the molecule is CC(Nc1ccc(CC(N)=O)cc1)c1ccn[nH]1. The molecule has 1 heterocycles. The van der Waals surface area contributed by atoms with Gasteiger partial charge in [0, 0.05) is 11.9 Å². The predicted octanol–water partition coefficient (Wildman–Crippen LogP) is 1.61. The number of nitrogens with zero attached hydrogens (tertiary/aromatic N) is 1. The number of rotatable bonds is 5. The number of nitrogens with two attached hydrogens (primary N) is 1. The maximum atomic E-state index is 10.8. The number of benzene rings is 1. The van der Waals surface area contributed by atoms with Crippen molar-refractivity contribution < 1.29 is 4.79 Å². The van der Waals surface area contributed by atoms with Gasteiger partial charge in [0.15, 0.2) is 0 Å². The maximum Gasteiger partial charge on any atom is 0.221 e. The zero-order valence-corrected chi connectivity index (χ0v) is 10.2. The van der Waals surface area contributed by atoms with E-state index < -0.39 is 0 Å². The second kappa shape index (κ2) is 5.35. The van der Waals surface area contributed by atoms with Crippen molar-refractivity contribution in [2.45, 2.75) is 19.4 Å². The number of anilines is 1. The third-order valence-electron chi connectivity index (χ3n) is 2.70. The van der Waals surface area contributed by atoms with Gasteiger partial charge in [-0.3, -0.25) is 9.89 Å². The predicted molar refractivity (Wildman–Crippen MR) is 70.0 cm³/mol. The smallest absolute Gasteiger partial charge is 0.221 e. The molecule has 0 radical (unpaired) electrons. The summed E-state index contributed by atoms with van der Waals surface area (Å²) in [5.41, 5.74) is 8.08. The molecule has 1 atom stereocenters. The monoisotopic (exact) mass is 244 g/mol. The van der Waals surface area contributed by atoms with Crippen LogP contribution in [0.4, 0.5) is 5.69 Å². The first-order valence-electron chi connectivity index (χ1n) is 5.78. The van der Waals surface area contributed by atoms with Gasteiger partial charge in [0.1, 0.15) is 0 Å². The van der Waals surface area contributed by atoms with Crippen LogP contribution < -0.4 is 11.1 Å². The number of primary amides is 1. The third-order valence-corrected chi connectivity index (χ3v) is 2.70. The number of nitrogens with one attached hydrogen (secondary N) is 2.